The maximum Gasteiger partial charge on any atom is 0.168 e. The van der Waals surface area contributed by atoms with E-state index >= 15 is 0 Å². The zero-order valence-electron chi connectivity index (χ0n) is 11.1. The number of rotatable bonds is 3. The molecule has 1 aromatic carbocycles. The van der Waals surface area contributed by atoms with Crippen LogP contribution in [0, 0.1) is 11.7 Å². The molecule has 20 heavy (non-hydrogen) atoms. The fourth-order valence-electron chi connectivity index (χ4n) is 2.69. The Morgan fingerprint density at radius 1 is 1.35 bits per heavy atom. The second-order valence-corrected chi connectivity index (χ2v) is 8.46. The van der Waals surface area contributed by atoms with Gasteiger partial charge in [0, 0.05) is 12.2 Å². The van der Waals surface area contributed by atoms with E-state index in [4.69, 9.17) is 0 Å². The van der Waals surface area contributed by atoms with Crippen LogP contribution in [-0.4, -0.2) is 25.7 Å². The summed E-state index contributed by atoms with van der Waals surface area (Å²) in [6.45, 7) is 0. The molecule has 0 radical (unpaired) electrons. The largest absolute Gasteiger partial charge is 0.294 e. The second kappa shape index (κ2) is 5.93. The maximum atomic E-state index is 14.0. The van der Waals surface area contributed by atoms with Crippen molar-refractivity contribution >= 4 is 31.6 Å². The Morgan fingerprint density at radius 3 is 2.70 bits per heavy atom. The van der Waals surface area contributed by atoms with Gasteiger partial charge in [0.15, 0.2) is 5.78 Å². The van der Waals surface area contributed by atoms with E-state index in [0.29, 0.717) is 25.7 Å². The fourth-order valence-corrected chi connectivity index (χ4v) is 4.23. The molecule has 0 amide bonds. The van der Waals surface area contributed by atoms with Crippen LogP contribution >= 0.6 is 15.9 Å². The van der Waals surface area contributed by atoms with Crippen LogP contribution in [0.25, 0.3) is 0 Å². The standard InChI is InChI=1S/C14H16BrFO3S/c1-20(18,19)10-5-2-4-9(8-10)14(17)11-6-3-7-12(15)13(11)16/h3,6-7,9-10H,2,4-5,8H2,1H3. The van der Waals surface area contributed by atoms with Crippen LogP contribution in [0.4, 0.5) is 4.39 Å². The predicted molar refractivity (Wildman–Crippen MR) is 79.0 cm³/mol. The van der Waals surface area contributed by atoms with Gasteiger partial charge in [0.1, 0.15) is 15.7 Å². The SMILES string of the molecule is CS(=O)(=O)C1CCCC(C(=O)c2cccc(Br)c2F)C1. The Bertz CT molecular complexity index is 627. The van der Waals surface area contributed by atoms with E-state index in [-0.39, 0.29) is 15.8 Å². The van der Waals surface area contributed by atoms with E-state index in [1.807, 2.05) is 0 Å². The summed E-state index contributed by atoms with van der Waals surface area (Å²) in [6.07, 6.45) is 3.39. The van der Waals surface area contributed by atoms with E-state index in [1.54, 1.807) is 6.07 Å². The van der Waals surface area contributed by atoms with Crippen molar-refractivity contribution in [3.05, 3.63) is 34.1 Å². The van der Waals surface area contributed by atoms with Gasteiger partial charge in [-0.1, -0.05) is 12.5 Å². The number of hydrogen-bond acceptors (Lipinski definition) is 3. The van der Waals surface area contributed by atoms with Gasteiger partial charge in [-0.05, 0) is 47.3 Å². The lowest BCUT2D eigenvalue weighted by Crippen LogP contribution is -2.31. The van der Waals surface area contributed by atoms with Crippen molar-refractivity contribution in [2.45, 2.75) is 30.9 Å². The van der Waals surface area contributed by atoms with Gasteiger partial charge in [-0.25, -0.2) is 12.8 Å². The normalized spacial score (nSPS) is 23.6. The average Bonchev–Trinajstić information content (AvgIpc) is 2.40. The zero-order valence-corrected chi connectivity index (χ0v) is 13.5. The number of Topliss-reactive ketones (excluding diaryl/α,β-unsaturated/α-hetero) is 1. The van der Waals surface area contributed by atoms with Gasteiger partial charge in [-0.3, -0.25) is 4.79 Å². The van der Waals surface area contributed by atoms with Gasteiger partial charge in [0.25, 0.3) is 0 Å². The first-order chi connectivity index (χ1) is 9.30. The van der Waals surface area contributed by atoms with Crippen molar-refractivity contribution in [2.24, 2.45) is 5.92 Å². The summed E-state index contributed by atoms with van der Waals surface area (Å²) in [5.41, 5.74) is 0.0403. The Morgan fingerprint density at radius 2 is 2.05 bits per heavy atom. The highest BCUT2D eigenvalue weighted by Gasteiger charge is 2.33. The highest BCUT2D eigenvalue weighted by molar-refractivity contribution is 9.10. The number of halogens is 2. The van der Waals surface area contributed by atoms with Gasteiger partial charge in [0.05, 0.1) is 15.3 Å². The molecular formula is C14H16BrFO3S. The van der Waals surface area contributed by atoms with E-state index < -0.39 is 26.8 Å². The molecule has 1 saturated carbocycles. The topological polar surface area (TPSA) is 51.2 Å². The number of carbonyl (C=O) groups is 1. The van der Waals surface area contributed by atoms with Crippen molar-refractivity contribution in [3.8, 4) is 0 Å². The summed E-state index contributed by atoms with van der Waals surface area (Å²) in [7, 11) is -3.15. The van der Waals surface area contributed by atoms with E-state index in [1.165, 1.54) is 18.4 Å². The smallest absolute Gasteiger partial charge is 0.168 e. The van der Waals surface area contributed by atoms with Crippen LogP contribution in [0.1, 0.15) is 36.0 Å². The first kappa shape index (κ1) is 15.6. The van der Waals surface area contributed by atoms with Gasteiger partial charge in [0.2, 0.25) is 0 Å². The monoisotopic (exact) mass is 362 g/mol. The first-order valence-electron chi connectivity index (χ1n) is 6.48. The third-order valence-electron chi connectivity index (χ3n) is 3.82. The van der Waals surface area contributed by atoms with Crippen LogP contribution in [0.3, 0.4) is 0 Å². The third-order valence-corrected chi connectivity index (χ3v) is 6.07. The predicted octanol–water partition coefficient (Wildman–Crippen LogP) is 3.37. The minimum Gasteiger partial charge on any atom is -0.294 e. The summed E-state index contributed by atoms with van der Waals surface area (Å²) in [5, 5.41) is -0.486. The van der Waals surface area contributed by atoms with Gasteiger partial charge >= 0.3 is 0 Å². The Kier molecular flexibility index (Phi) is 4.64. The summed E-state index contributed by atoms with van der Waals surface area (Å²) in [4.78, 5) is 12.4. The molecule has 0 heterocycles. The fraction of sp³-hybridized carbons (Fsp3) is 0.500. The zero-order chi connectivity index (χ0) is 14.9. The number of ketones is 1. The van der Waals surface area contributed by atoms with Gasteiger partial charge in [-0.15, -0.1) is 0 Å². The van der Waals surface area contributed by atoms with Crippen molar-refractivity contribution in [1.29, 1.82) is 0 Å². The molecule has 0 spiro atoms. The molecule has 0 aromatic heterocycles. The lowest BCUT2D eigenvalue weighted by atomic mass is 9.83. The minimum absolute atomic E-state index is 0.0403. The molecule has 110 valence electrons. The molecule has 1 fully saturated rings. The Labute approximate surface area is 126 Å². The molecule has 0 N–H and O–H groups in total. The summed E-state index contributed by atoms with van der Waals surface area (Å²) >= 11 is 3.06. The van der Waals surface area contributed by atoms with Crippen molar-refractivity contribution in [3.63, 3.8) is 0 Å². The molecule has 0 aliphatic heterocycles. The van der Waals surface area contributed by atoms with E-state index in [2.05, 4.69) is 15.9 Å². The maximum absolute atomic E-state index is 14.0. The van der Waals surface area contributed by atoms with Crippen LogP contribution in [0.15, 0.2) is 22.7 Å². The van der Waals surface area contributed by atoms with Crippen molar-refractivity contribution in [1.82, 2.24) is 0 Å². The Balaban J connectivity index is 2.23. The van der Waals surface area contributed by atoms with E-state index in [0.717, 1.165) is 0 Å². The van der Waals surface area contributed by atoms with Gasteiger partial charge in [-0.2, -0.15) is 0 Å². The first-order valence-corrected chi connectivity index (χ1v) is 9.22. The molecule has 1 aliphatic rings. The Hall–Kier alpha value is -0.750. The summed E-state index contributed by atoms with van der Waals surface area (Å²) in [5.74, 6) is -1.27. The molecule has 2 rings (SSSR count). The molecular weight excluding hydrogens is 347 g/mol. The summed E-state index contributed by atoms with van der Waals surface area (Å²) < 4.78 is 37.4. The molecule has 3 nitrogen and oxygen atoms in total. The average molecular weight is 363 g/mol. The molecule has 0 bridgehead atoms. The molecule has 2 unspecified atom stereocenters. The number of sulfone groups is 1. The molecule has 6 heteroatoms. The third kappa shape index (κ3) is 3.28. The highest BCUT2D eigenvalue weighted by atomic mass is 79.9. The van der Waals surface area contributed by atoms with Crippen LogP contribution < -0.4 is 0 Å². The van der Waals surface area contributed by atoms with E-state index in [9.17, 15) is 17.6 Å². The second-order valence-electron chi connectivity index (χ2n) is 5.28. The molecule has 1 aliphatic carbocycles. The molecule has 0 saturated heterocycles. The lowest BCUT2D eigenvalue weighted by Gasteiger charge is -2.27. The highest BCUT2D eigenvalue weighted by Crippen LogP contribution is 2.32. The quantitative estimate of drug-likeness (QED) is 0.774. The van der Waals surface area contributed by atoms with Gasteiger partial charge < -0.3 is 0 Å². The lowest BCUT2D eigenvalue weighted by molar-refractivity contribution is 0.0886. The minimum atomic E-state index is -3.15. The number of hydrogen-bond donors (Lipinski definition) is 0. The number of benzene rings is 1. The molecule has 2 atom stereocenters. The van der Waals surface area contributed by atoms with Crippen LogP contribution in [0.5, 0.6) is 0 Å². The van der Waals surface area contributed by atoms with Crippen molar-refractivity contribution < 1.29 is 17.6 Å². The van der Waals surface area contributed by atoms with Crippen LogP contribution in [-0.2, 0) is 9.84 Å². The van der Waals surface area contributed by atoms with Crippen LogP contribution in [0.2, 0.25) is 0 Å². The number of carbonyl (C=O) groups excluding carboxylic acids is 1. The van der Waals surface area contributed by atoms with Crippen molar-refractivity contribution in [2.75, 3.05) is 6.26 Å². The molecule has 1 aromatic rings. The summed E-state index contributed by atoms with van der Waals surface area (Å²) in [6, 6.07) is 4.59.